The molecule has 0 saturated carbocycles. The maximum atomic E-state index is 11.8. The second kappa shape index (κ2) is 6.72. The van der Waals surface area contributed by atoms with Crippen LogP contribution >= 0.6 is 0 Å². The van der Waals surface area contributed by atoms with Gasteiger partial charge in [-0.25, -0.2) is 4.21 Å². The standard InChI is InChI=1S/C16H14OS/c17-18(16-12-5-2-6-13-16)14-8-7-11-15-9-3-1-4-10-15/h1-14H/b11-7+,14-8+. The van der Waals surface area contributed by atoms with Crippen LogP contribution in [-0.2, 0) is 10.8 Å². The summed E-state index contributed by atoms with van der Waals surface area (Å²) < 4.78 is 11.8. The Balaban J connectivity index is 1.96. The molecular formula is C16H14OS. The molecule has 2 aromatic carbocycles. The van der Waals surface area contributed by atoms with Gasteiger partial charge in [0.15, 0.2) is 0 Å². The molecule has 0 bridgehead atoms. The molecule has 18 heavy (non-hydrogen) atoms. The average molecular weight is 254 g/mol. The van der Waals surface area contributed by atoms with Gasteiger partial charge in [0.1, 0.15) is 0 Å². The third kappa shape index (κ3) is 3.82. The normalized spacial score (nSPS) is 13.1. The van der Waals surface area contributed by atoms with Gasteiger partial charge in [0, 0.05) is 10.3 Å². The van der Waals surface area contributed by atoms with Gasteiger partial charge in [0.05, 0.1) is 10.8 Å². The summed E-state index contributed by atoms with van der Waals surface area (Å²) in [5, 5.41) is 1.69. The van der Waals surface area contributed by atoms with Gasteiger partial charge >= 0.3 is 0 Å². The van der Waals surface area contributed by atoms with Crippen molar-refractivity contribution in [1.29, 1.82) is 0 Å². The van der Waals surface area contributed by atoms with Crippen molar-refractivity contribution >= 4 is 16.9 Å². The highest BCUT2D eigenvalue weighted by molar-refractivity contribution is 7.88. The first-order valence-electron chi connectivity index (χ1n) is 5.72. The predicted molar refractivity (Wildman–Crippen MR) is 77.5 cm³/mol. The monoisotopic (exact) mass is 254 g/mol. The molecule has 2 aromatic rings. The topological polar surface area (TPSA) is 17.1 Å². The van der Waals surface area contributed by atoms with Crippen LogP contribution in [0.15, 0.2) is 83.1 Å². The summed E-state index contributed by atoms with van der Waals surface area (Å²) in [7, 11) is -1.07. The summed E-state index contributed by atoms with van der Waals surface area (Å²) in [5.74, 6) is 0. The van der Waals surface area contributed by atoms with Crippen molar-refractivity contribution < 1.29 is 4.21 Å². The average Bonchev–Trinajstić information content (AvgIpc) is 2.45. The van der Waals surface area contributed by atoms with Crippen molar-refractivity contribution in [2.75, 3.05) is 0 Å². The number of allylic oxidation sites excluding steroid dienone is 2. The van der Waals surface area contributed by atoms with E-state index >= 15 is 0 Å². The minimum Gasteiger partial charge on any atom is -0.250 e. The fraction of sp³-hybridized carbons (Fsp3) is 0. The van der Waals surface area contributed by atoms with Crippen molar-refractivity contribution in [3.8, 4) is 0 Å². The molecule has 1 nitrogen and oxygen atoms in total. The van der Waals surface area contributed by atoms with Crippen LogP contribution in [0.5, 0.6) is 0 Å². The Hall–Kier alpha value is -1.93. The summed E-state index contributed by atoms with van der Waals surface area (Å²) in [4.78, 5) is 0.821. The van der Waals surface area contributed by atoms with E-state index in [1.54, 1.807) is 5.41 Å². The van der Waals surface area contributed by atoms with E-state index in [4.69, 9.17) is 0 Å². The third-order valence-corrected chi connectivity index (χ3v) is 3.52. The van der Waals surface area contributed by atoms with Crippen LogP contribution in [0.25, 0.3) is 6.08 Å². The van der Waals surface area contributed by atoms with Crippen LogP contribution in [0.1, 0.15) is 5.56 Å². The van der Waals surface area contributed by atoms with Crippen molar-refractivity contribution in [3.05, 3.63) is 83.8 Å². The lowest BCUT2D eigenvalue weighted by Gasteiger charge is -1.93. The highest BCUT2D eigenvalue weighted by Gasteiger charge is 1.95. The van der Waals surface area contributed by atoms with E-state index in [-0.39, 0.29) is 0 Å². The van der Waals surface area contributed by atoms with Crippen LogP contribution in [-0.4, -0.2) is 4.21 Å². The number of hydrogen-bond donors (Lipinski definition) is 0. The Morgan fingerprint density at radius 2 is 1.39 bits per heavy atom. The SMILES string of the molecule is O=S(/C=C/C=C/c1ccccc1)c1ccccc1. The highest BCUT2D eigenvalue weighted by Crippen LogP contribution is 2.07. The molecule has 0 aliphatic heterocycles. The third-order valence-electron chi connectivity index (χ3n) is 2.38. The number of benzene rings is 2. The summed E-state index contributed by atoms with van der Waals surface area (Å²) >= 11 is 0. The molecular weight excluding hydrogens is 240 g/mol. The molecule has 0 fully saturated rings. The molecule has 0 aliphatic carbocycles. The van der Waals surface area contributed by atoms with Crippen molar-refractivity contribution in [1.82, 2.24) is 0 Å². The second-order valence-corrected chi connectivity index (χ2v) is 5.05. The highest BCUT2D eigenvalue weighted by atomic mass is 32.2. The van der Waals surface area contributed by atoms with Crippen molar-refractivity contribution in [2.24, 2.45) is 0 Å². The van der Waals surface area contributed by atoms with Crippen molar-refractivity contribution in [2.45, 2.75) is 4.90 Å². The molecule has 0 N–H and O–H groups in total. The maximum Gasteiger partial charge on any atom is 0.0775 e. The summed E-state index contributed by atoms with van der Waals surface area (Å²) in [5.41, 5.74) is 1.13. The van der Waals surface area contributed by atoms with E-state index in [1.807, 2.05) is 78.9 Å². The zero-order valence-electron chi connectivity index (χ0n) is 9.90. The minimum atomic E-state index is -1.07. The molecule has 0 radical (unpaired) electrons. The lowest BCUT2D eigenvalue weighted by molar-refractivity contribution is 0.688. The van der Waals surface area contributed by atoms with Gasteiger partial charge in [-0.1, -0.05) is 66.8 Å². The molecule has 1 atom stereocenters. The smallest absolute Gasteiger partial charge is 0.0775 e. The Morgan fingerprint density at radius 3 is 2.06 bits per heavy atom. The Kier molecular flexibility index (Phi) is 4.68. The quantitative estimate of drug-likeness (QED) is 0.753. The minimum absolute atomic E-state index is 0.821. The van der Waals surface area contributed by atoms with E-state index < -0.39 is 10.8 Å². The molecule has 90 valence electrons. The summed E-state index contributed by atoms with van der Waals surface area (Å²) in [6, 6.07) is 19.4. The van der Waals surface area contributed by atoms with Crippen LogP contribution in [0.3, 0.4) is 0 Å². The van der Waals surface area contributed by atoms with E-state index in [1.165, 1.54) is 0 Å². The largest absolute Gasteiger partial charge is 0.250 e. The maximum absolute atomic E-state index is 11.8. The van der Waals surface area contributed by atoms with E-state index in [9.17, 15) is 4.21 Å². The molecule has 0 aromatic heterocycles. The molecule has 1 unspecified atom stereocenters. The first-order chi connectivity index (χ1) is 8.86. The second-order valence-electron chi connectivity index (χ2n) is 3.71. The lowest BCUT2D eigenvalue weighted by Crippen LogP contribution is -1.83. The van der Waals surface area contributed by atoms with E-state index in [0.29, 0.717) is 0 Å². The van der Waals surface area contributed by atoms with Gasteiger partial charge in [-0.15, -0.1) is 0 Å². The van der Waals surface area contributed by atoms with Crippen molar-refractivity contribution in [3.63, 3.8) is 0 Å². The molecule has 0 spiro atoms. The molecule has 0 heterocycles. The van der Waals surface area contributed by atoms with Crippen LogP contribution in [0.4, 0.5) is 0 Å². The van der Waals surface area contributed by atoms with Gasteiger partial charge < -0.3 is 0 Å². The lowest BCUT2D eigenvalue weighted by atomic mass is 10.2. The van der Waals surface area contributed by atoms with E-state index in [0.717, 1.165) is 10.5 Å². The fourth-order valence-electron chi connectivity index (χ4n) is 1.48. The van der Waals surface area contributed by atoms with Gasteiger partial charge in [0.2, 0.25) is 0 Å². The Morgan fingerprint density at radius 1 is 0.778 bits per heavy atom. The molecule has 2 rings (SSSR count). The molecule has 2 heteroatoms. The van der Waals surface area contributed by atoms with Crippen LogP contribution in [0, 0.1) is 0 Å². The first kappa shape index (κ1) is 12.5. The van der Waals surface area contributed by atoms with Crippen LogP contribution in [0.2, 0.25) is 0 Å². The first-order valence-corrected chi connectivity index (χ1v) is 6.93. The molecule has 0 amide bonds. The summed E-state index contributed by atoms with van der Waals surface area (Å²) in [6.45, 7) is 0. The van der Waals surface area contributed by atoms with Gasteiger partial charge in [-0.05, 0) is 17.7 Å². The Labute approximate surface area is 110 Å². The van der Waals surface area contributed by atoms with Gasteiger partial charge in [-0.3, -0.25) is 0 Å². The zero-order valence-corrected chi connectivity index (χ0v) is 10.7. The number of rotatable bonds is 4. The van der Waals surface area contributed by atoms with Crippen LogP contribution < -0.4 is 0 Å². The molecule has 0 saturated heterocycles. The fourth-order valence-corrected chi connectivity index (χ4v) is 2.30. The zero-order chi connectivity index (χ0) is 12.6. The molecule has 0 aliphatic rings. The number of hydrogen-bond acceptors (Lipinski definition) is 1. The Bertz CT molecular complexity index is 556. The predicted octanol–water partition coefficient (Wildman–Crippen LogP) is 4.02. The van der Waals surface area contributed by atoms with Gasteiger partial charge in [0.25, 0.3) is 0 Å². The van der Waals surface area contributed by atoms with E-state index in [2.05, 4.69) is 0 Å². The summed E-state index contributed by atoms with van der Waals surface area (Å²) in [6.07, 6.45) is 5.70. The van der Waals surface area contributed by atoms with Gasteiger partial charge in [-0.2, -0.15) is 0 Å².